The van der Waals surface area contributed by atoms with Gasteiger partial charge in [0, 0.05) is 18.6 Å². The molecule has 4 rings (SSSR count). The summed E-state index contributed by atoms with van der Waals surface area (Å²) in [6.07, 6.45) is 5.60. The summed E-state index contributed by atoms with van der Waals surface area (Å²) in [4.78, 5) is 2.38. The van der Waals surface area contributed by atoms with E-state index < -0.39 is 10.0 Å². The maximum absolute atomic E-state index is 12.3. The van der Waals surface area contributed by atoms with Crippen LogP contribution in [-0.4, -0.2) is 57.3 Å². The summed E-state index contributed by atoms with van der Waals surface area (Å²) in [6.45, 7) is 4.15. The van der Waals surface area contributed by atoms with Gasteiger partial charge in [0.15, 0.2) is 0 Å². The average Bonchev–Trinajstić information content (AvgIpc) is 2.40. The van der Waals surface area contributed by atoms with Crippen molar-refractivity contribution in [1.29, 1.82) is 0 Å². The lowest BCUT2D eigenvalue weighted by atomic mass is 9.85. The lowest BCUT2D eigenvalue weighted by Crippen LogP contribution is -2.58. The first-order valence-electron chi connectivity index (χ1n) is 7.58. The Morgan fingerprint density at radius 1 is 1.16 bits per heavy atom. The molecule has 4 aliphatic rings. The lowest BCUT2D eigenvalue weighted by Gasteiger charge is -2.44. The van der Waals surface area contributed by atoms with Gasteiger partial charge in [-0.1, -0.05) is 6.42 Å². The summed E-state index contributed by atoms with van der Waals surface area (Å²) in [5, 5.41) is 3.32. The van der Waals surface area contributed by atoms with Gasteiger partial charge in [0.25, 0.3) is 0 Å². The van der Waals surface area contributed by atoms with Gasteiger partial charge in [0.05, 0.1) is 5.75 Å². The Hall–Kier alpha value is -0.170. The molecule has 0 spiro atoms. The molecule has 2 bridgehead atoms. The largest absolute Gasteiger partial charge is 0.313 e. The van der Waals surface area contributed by atoms with Gasteiger partial charge in [-0.05, 0) is 51.2 Å². The molecular weight excluding hydrogens is 262 g/mol. The zero-order chi connectivity index (χ0) is 13.3. The molecule has 6 heteroatoms. The van der Waals surface area contributed by atoms with Crippen molar-refractivity contribution in [3.8, 4) is 0 Å². The van der Waals surface area contributed by atoms with Crippen molar-refractivity contribution in [2.24, 2.45) is 5.92 Å². The normalized spacial score (nSPS) is 39.4. The van der Waals surface area contributed by atoms with Crippen LogP contribution in [0, 0.1) is 5.92 Å². The van der Waals surface area contributed by atoms with Crippen LogP contribution in [0.4, 0.5) is 0 Å². The van der Waals surface area contributed by atoms with E-state index in [4.69, 9.17) is 0 Å². The standard InChI is InChI=1S/C13H25N3O2S/c17-19(18,10-12-3-1-2-6-14-12)15-13-9-16-7-4-11(13)5-8-16/h11-15H,1-10H2. The second-order valence-corrected chi connectivity index (χ2v) is 8.09. The predicted molar refractivity (Wildman–Crippen MR) is 75.5 cm³/mol. The van der Waals surface area contributed by atoms with Crippen LogP contribution < -0.4 is 10.0 Å². The minimum Gasteiger partial charge on any atom is -0.313 e. The number of rotatable bonds is 4. The number of sulfonamides is 1. The van der Waals surface area contributed by atoms with E-state index in [0.29, 0.717) is 5.92 Å². The van der Waals surface area contributed by atoms with Gasteiger partial charge in [-0.15, -0.1) is 0 Å². The third-order valence-corrected chi connectivity index (χ3v) is 6.32. The van der Waals surface area contributed by atoms with E-state index >= 15 is 0 Å². The number of fused-ring (bicyclic) bond motifs is 3. The highest BCUT2D eigenvalue weighted by Crippen LogP contribution is 2.28. The highest BCUT2D eigenvalue weighted by atomic mass is 32.2. The maximum Gasteiger partial charge on any atom is 0.213 e. The van der Waals surface area contributed by atoms with Crippen molar-refractivity contribution in [1.82, 2.24) is 14.9 Å². The molecule has 4 fully saturated rings. The molecule has 2 N–H and O–H groups in total. The van der Waals surface area contributed by atoms with Crippen LogP contribution in [0.3, 0.4) is 0 Å². The van der Waals surface area contributed by atoms with Gasteiger partial charge in [0.1, 0.15) is 0 Å². The van der Waals surface area contributed by atoms with Crippen LogP contribution in [0.1, 0.15) is 32.1 Å². The minimum absolute atomic E-state index is 0.146. The Labute approximate surface area is 116 Å². The Morgan fingerprint density at radius 2 is 1.95 bits per heavy atom. The third-order valence-electron chi connectivity index (χ3n) is 4.82. The maximum atomic E-state index is 12.3. The average molecular weight is 287 g/mol. The van der Waals surface area contributed by atoms with Crippen LogP contribution in [0.5, 0.6) is 0 Å². The van der Waals surface area contributed by atoms with Gasteiger partial charge in [-0.3, -0.25) is 0 Å². The first-order chi connectivity index (χ1) is 9.12. The Kier molecular flexibility index (Phi) is 4.12. The van der Waals surface area contributed by atoms with E-state index in [1.165, 1.54) is 6.42 Å². The summed E-state index contributed by atoms with van der Waals surface area (Å²) in [7, 11) is -3.14. The van der Waals surface area contributed by atoms with Crippen molar-refractivity contribution >= 4 is 10.0 Å². The predicted octanol–water partition coefficient (Wildman–Crippen LogP) is 0.142. The highest BCUT2D eigenvalue weighted by molar-refractivity contribution is 7.89. The number of nitrogens with zero attached hydrogens (tertiary/aromatic N) is 1. The molecule has 2 unspecified atom stereocenters. The molecule has 0 saturated carbocycles. The third kappa shape index (κ3) is 3.48. The fourth-order valence-corrected chi connectivity index (χ4v) is 5.35. The van der Waals surface area contributed by atoms with Gasteiger partial charge in [0.2, 0.25) is 10.0 Å². The summed E-state index contributed by atoms with van der Waals surface area (Å²) in [5.41, 5.74) is 0. The highest BCUT2D eigenvalue weighted by Gasteiger charge is 2.36. The lowest BCUT2D eigenvalue weighted by molar-refractivity contribution is 0.0826. The zero-order valence-corrected chi connectivity index (χ0v) is 12.3. The summed E-state index contributed by atoms with van der Waals surface area (Å²) >= 11 is 0. The fourth-order valence-electron chi connectivity index (χ4n) is 3.71. The van der Waals surface area contributed by atoms with Crippen molar-refractivity contribution in [3.63, 3.8) is 0 Å². The molecule has 4 saturated heterocycles. The molecule has 0 aromatic heterocycles. The van der Waals surface area contributed by atoms with Crippen LogP contribution in [0.2, 0.25) is 0 Å². The monoisotopic (exact) mass is 287 g/mol. The van der Waals surface area contributed by atoms with E-state index in [-0.39, 0.29) is 17.8 Å². The van der Waals surface area contributed by atoms with Crippen molar-refractivity contribution < 1.29 is 8.42 Å². The molecule has 0 aliphatic carbocycles. The number of hydrogen-bond acceptors (Lipinski definition) is 4. The Bertz CT molecular complexity index is 398. The van der Waals surface area contributed by atoms with Crippen LogP contribution in [0.25, 0.3) is 0 Å². The second kappa shape index (κ2) is 5.68. The molecule has 0 amide bonds. The summed E-state index contributed by atoms with van der Waals surface area (Å²) in [5.74, 6) is 0.801. The molecule has 110 valence electrons. The molecule has 0 radical (unpaired) electrons. The fraction of sp³-hybridized carbons (Fsp3) is 1.00. The molecule has 2 atom stereocenters. The minimum atomic E-state index is -3.14. The van der Waals surface area contributed by atoms with E-state index in [1.54, 1.807) is 0 Å². The van der Waals surface area contributed by atoms with E-state index in [0.717, 1.165) is 51.9 Å². The smallest absolute Gasteiger partial charge is 0.213 e. The first-order valence-corrected chi connectivity index (χ1v) is 9.23. The Balaban J connectivity index is 1.55. The summed E-state index contributed by atoms with van der Waals surface area (Å²) in [6, 6.07) is 0.295. The molecule has 0 aromatic carbocycles. The zero-order valence-electron chi connectivity index (χ0n) is 11.5. The van der Waals surface area contributed by atoms with Crippen molar-refractivity contribution in [2.45, 2.75) is 44.2 Å². The van der Waals surface area contributed by atoms with Crippen LogP contribution >= 0.6 is 0 Å². The number of nitrogens with one attached hydrogen (secondary N) is 2. The van der Waals surface area contributed by atoms with E-state index in [1.807, 2.05) is 0 Å². The topological polar surface area (TPSA) is 61.4 Å². The van der Waals surface area contributed by atoms with Gasteiger partial charge >= 0.3 is 0 Å². The molecule has 5 nitrogen and oxygen atoms in total. The SMILES string of the molecule is O=S(=O)(CC1CCCCN1)NC1CN2CCC1CC2. The van der Waals surface area contributed by atoms with E-state index in [9.17, 15) is 8.42 Å². The van der Waals surface area contributed by atoms with Crippen molar-refractivity contribution in [3.05, 3.63) is 0 Å². The van der Waals surface area contributed by atoms with Crippen LogP contribution in [-0.2, 0) is 10.0 Å². The molecule has 19 heavy (non-hydrogen) atoms. The van der Waals surface area contributed by atoms with Crippen LogP contribution in [0.15, 0.2) is 0 Å². The molecular formula is C13H25N3O2S. The molecule has 0 aromatic rings. The quantitative estimate of drug-likeness (QED) is 0.772. The number of hydrogen-bond donors (Lipinski definition) is 2. The molecule has 4 heterocycles. The second-order valence-electron chi connectivity index (χ2n) is 6.29. The Morgan fingerprint density at radius 3 is 2.53 bits per heavy atom. The summed E-state index contributed by atoms with van der Waals surface area (Å²) < 4.78 is 27.5. The van der Waals surface area contributed by atoms with Gasteiger partial charge in [-0.25, -0.2) is 13.1 Å². The number of piperidine rings is 4. The van der Waals surface area contributed by atoms with Gasteiger partial charge in [-0.2, -0.15) is 0 Å². The van der Waals surface area contributed by atoms with Gasteiger partial charge < -0.3 is 10.2 Å². The molecule has 4 aliphatic heterocycles. The van der Waals surface area contributed by atoms with E-state index in [2.05, 4.69) is 14.9 Å². The van der Waals surface area contributed by atoms with Crippen molar-refractivity contribution in [2.75, 3.05) is 31.9 Å². The first kappa shape index (κ1) is 13.8.